The molecule has 172 valence electrons. The Balaban J connectivity index is 1.53. The van der Waals surface area contributed by atoms with Crippen molar-refractivity contribution < 1.29 is 9.59 Å². The molecule has 3 aromatic carbocycles. The van der Waals surface area contributed by atoms with Crippen molar-refractivity contribution >= 4 is 34.7 Å². The lowest BCUT2D eigenvalue weighted by Gasteiger charge is -2.21. The van der Waals surface area contributed by atoms with E-state index < -0.39 is 5.25 Å². The van der Waals surface area contributed by atoms with E-state index >= 15 is 0 Å². The van der Waals surface area contributed by atoms with Gasteiger partial charge in [0.1, 0.15) is 0 Å². The Kier molecular flexibility index (Phi) is 6.36. The van der Waals surface area contributed by atoms with Crippen molar-refractivity contribution in [1.29, 1.82) is 0 Å². The van der Waals surface area contributed by atoms with E-state index in [1.54, 1.807) is 0 Å². The molecule has 34 heavy (non-hydrogen) atoms. The van der Waals surface area contributed by atoms with Gasteiger partial charge in [-0.2, -0.15) is 0 Å². The van der Waals surface area contributed by atoms with Crippen molar-refractivity contribution in [1.82, 2.24) is 19.8 Å². The zero-order valence-electron chi connectivity index (χ0n) is 19.0. The van der Waals surface area contributed by atoms with Crippen LogP contribution in [0, 0.1) is 6.92 Å². The number of nitrogens with one attached hydrogen (secondary N) is 1. The molecule has 5 rings (SSSR count). The van der Waals surface area contributed by atoms with Gasteiger partial charge in [0.05, 0.1) is 22.8 Å². The maximum absolute atomic E-state index is 13.5. The third-order valence-corrected chi connectivity index (χ3v) is 7.14. The van der Waals surface area contributed by atoms with E-state index in [0.717, 1.165) is 32.9 Å². The molecule has 7 heteroatoms. The van der Waals surface area contributed by atoms with E-state index in [1.807, 2.05) is 48.5 Å². The van der Waals surface area contributed by atoms with Gasteiger partial charge >= 0.3 is 6.03 Å². The van der Waals surface area contributed by atoms with Crippen LogP contribution in [0.1, 0.15) is 16.7 Å². The van der Waals surface area contributed by atoms with Gasteiger partial charge < -0.3 is 9.88 Å². The van der Waals surface area contributed by atoms with Crippen LogP contribution in [0.15, 0.2) is 84.0 Å². The highest BCUT2D eigenvalue weighted by Gasteiger charge is 2.33. The normalized spacial score (nSPS) is 14.4. The summed E-state index contributed by atoms with van der Waals surface area (Å²) in [5.74, 6) is -0.182. The SMILES string of the molecule is Cc1ccc2c(c1)nc(SC(Cc1ccccc1)C(=O)N1CCNC1=O)n2Cc1ccccc1. The number of nitrogens with zero attached hydrogens (tertiary/aromatic N) is 3. The summed E-state index contributed by atoms with van der Waals surface area (Å²) < 4.78 is 2.17. The Hall–Kier alpha value is -3.58. The molecule has 0 aliphatic carbocycles. The van der Waals surface area contributed by atoms with Crippen LogP contribution >= 0.6 is 11.8 Å². The molecule has 1 N–H and O–H groups in total. The van der Waals surface area contributed by atoms with Crippen LogP contribution in [0.4, 0.5) is 4.79 Å². The summed E-state index contributed by atoms with van der Waals surface area (Å²) in [7, 11) is 0. The number of benzene rings is 3. The molecule has 3 amide bonds. The van der Waals surface area contributed by atoms with E-state index in [9.17, 15) is 9.59 Å². The zero-order chi connectivity index (χ0) is 23.5. The molecule has 1 aliphatic rings. The molecule has 0 bridgehead atoms. The highest BCUT2D eigenvalue weighted by molar-refractivity contribution is 8.00. The lowest BCUT2D eigenvalue weighted by Crippen LogP contribution is -2.41. The lowest BCUT2D eigenvalue weighted by atomic mass is 10.1. The van der Waals surface area contributed by atoms with Gasteiger partial charge in [0, 0.05) is 13.1 Å². The van der Waals surface area contributed by atoms with Crippen molar-refractivity contribution in [3.8, 4) is 0 Å². The first-order valence-electron chi connectivity index (χ1n) is 11.4. The average molecular weight is 471 g/mol. The predicted octanol–water partition coefficient (Wildman–Crippen LogP) is 4.65. The number of urea groups is 1. The number of fused-ring (bicyclic) bond motifs is 1. The minimum absolute atomic E-state index is 0.182. The van der Waals surface area contributed by atoms with Gasteiger partial charge in [-0.1, -0.05) is 78.5 Å². The van der Waals surface area contributed by atoms with Crippen molar-refractivity contribution in [2.75, 3.05) is 13.1 Å². The Morgan fingerprint density at radius 1 is 1.03 bits per heavy atom. The molecular formula is C27H26N4O2S. The second kappa shape index (κ2) is 9.73. The summed E-state index contributed by atoms with van der Waals surface area (Å²) in [6, 6.07) is 26.1. The highest BCUT2D eigenvalue weighted by atomic mass is 32.2. The van der Waals surface area contributed by atoms with Gasteiger partial charge in [-0.3, -0.25) is 9.69 Å². The van der Waals surface area contributed by atoms with Crippen molar-refractivity contribution in [3.63, 3.8) is 0 Å². The number of hydrogen-bond donors (Lipinski definition) is 1. The molecule has 4 aromatic rings. The second-order valence-corrected chi connectivity index (χ2v) is 9.65. The number of hydrogen-bond acceptors (Lipinski definition) is 4. The van der Waals surface area contributed by atoms with Crippen LogP contribution in [-0.2, 0) is 17.8 Å². The summed E-state index contributed by atoms with van der Waals surface area (Å²) in [5, 5.41) is 3.04. The minimum atomic E-state index is -0.473. The topological polar surface area (TPSA) is 67.2 Å². The summed E-state index contributed by atoms with van der Waals surface area (Å²) in [6.07, 6.45) is 0.516. The average Bonchev–Trinajstić information content (AvgIpc) is 3.42. The maximum atomic E-state index is 13.5. The first-order valence-corrected chi connectivity index (χ1v) is 12.3. The molecule has 1 aliphatic heterocycles. The Labute approximate surface area is 203 Å². The summed E-state index contributed by atoms with van der Waals surface area (Å²) >= 11 is 1.44. The number of thioether (sulfide) groups is 1. The lowest BCUT2D eigenvalue weighted by molar-refractivity contribution is -0.127. The number of imide groups is 1. The van der Waals surface area contributed by atoms with Gasteiger partial charge in [-0.25, -0.2) is 9.78 Å². The molecule has 0 spiro atoms. The van der Waals surface area contributed by atoms with Crippen molar-refractivity contribution in [2.45, 2.75) is 30.3 Å². The van der Waals surface area contributed by atoms with Crippen LogP contribution in [0.3, 0.4) is 0 Å². The fourth-order valence-electron chi connectivity index (χ4n) is 4.22. The molecule has 1 atom stereocenters. The molecule has 1 saturated heterocycles. The third kappa shape index (κ3) is 4.70. The number of carbonyl (C=O) groups excluding carboxylic acids is 2. The largest absolute Gasteiger partial charge is 0.336 e. The van der Waals surface area contributed by atoms with E-state index in [2.05, 4.69) is 47.1 Å². The van der Waals surface area contributed by atoms with Crippen LogP contribution in [0.2, 0.25) is 0 Å². The number of aromatic nitrogens is 2. The van der Waals surface area contributed by atoms with Gasteiger partial charge in [0.2, 0.25) is 5.91 Å². The Morgan fingerprint density at radius 2 is 1.74 bits per heavy atom. The van der Waals surface area contributed by atoms with Crippen LogP contribution in [0.5, 0.6) is 0 Å². The van der Waals surface area contributed by atoms with Crippen LogP contribution in [0.25, 0.3) is 11.0 Å². The van der Waals surface area contributed by atoms with Gasteiger partial charge in [-0.15, -0.1) is 0 Å². The van der Waals surface area contributed by atoms with Gasteiger partial charge in [-0.05, 0) is 42.2 Å². The molecule has 2 heterocycles. The van der Waals surface area contributed by atoms with Crippen molar-refractivity contribution in [3.05, 3.63) is 95.6 Å². The third-order valence-electron chi connectivity index (χ3n) is 5.96. The number of amides is 3. The fraction of sp³-hybridized carbons (Fsp3) is 0.222. The molecule has 0 radical (unpaired) electrons. The minimum Gasteiger partial charge on any atom is -0.336 e. The summed E-state index contributed by atoms with van der Waals surface area (Å²) in [4.78, 5) is 32.0. The fourth-order valence-corrected chi connectivity index (χ4v) is 5.42. The Morgan fingerprint density at radius 3 is 2.41 bits per heavy atom. The molecular weight excluding hydrogens is 444 g/mol. The quantitative estimate of drug-likeness (QED) is 0.399. The standard InChI is InChI=1S/C27H26N4O2S/c1-19-12-13-23-22(16-19)29-27(31(23)18-21-10-6-3-7-11-21)34-24(17-20-8-4-2-5-9-20)25(32)30-15-14-28-26(30)33/h2-13,16,24H,14-15,17-18H2,1H3,(H,28,33). The summed E-state index contributed by atoms with van der Waals surface area (Å²) in [6.45, 7) is 3.58. The maximum Gasteiger partial charge on any atom is 0.324 e. The van der Waals surface area contributed by atoms with Gasteiger partial charge in [0.15, 0.2) is 5.16 Å². The highest BCUT2D eigenvalue weighted by Crippen LogP contribution is 2.31. The molecule has 1 aromatic heterocycles. The molecule has 0 saturated carbocycles. The van der Waals surface area contributed by atoms with Crippen LogP contribution < -0.4 is 5.32 Å². The molecule has 1 fully saturated rings. The first-order chi connectivity index (χ1) is 16.6. The number of rotatable bonds is 7. The van der Waals surface area contributed by atoms with E-state index in [0.29, 0.717) is 26.1 Å². The monoisotopic (exact) mass is 470 g/mol. The summed E-state index contributed by atoms with van der Waals surface area (Å²) in [5.41, 5.74) is 5.28. The first kappa shape index (κ1) is 22.2. The Bertz CT molecular complexity index is 1320. The smallest absolute Gasteiger partial charge is 0.324 e. The zero-order valence-corrected chi connectivity index (χ0v) is 19.8. The second-order valence-electron chi connectivity index (χ2n) is 8.48. The molecule has 1 unspecified atom stereocenters. The van der Waals surface area contributed by atoms with E-state index in [4.69, 9.17) is 4.98 Å². The predicted molar refractivity (Wildman–Crippen MR) is 135 cm³/mol. The van der Waals surface area contributed by atoms with Crippen molar-refractivity contribution in [2.24, 2.45) is 0 Å². The number of imidazole rings is 1. The van der Waals surface area contributed by atoms with Crippen LogP contribution in [-0.4, -0.2) is 44.7 Å². The van der Waals surface area contributed by atoms with E-state index in [-0.39, 0.29) is 11.9 Å². The van der Waals surface area contributed by atoms with Gasteiger partial charge in [0.25, 0.3) is 0 Å². The molecule has 6 nitrogen and oxygen atoms in total. The van der Waals surface area contributed by atoms with E-state index in [1.165, 1.54) is 16.7 Å². The number of aryl methyl sites for hydroxylation is 1. The number of carbonyl (C=O) groups is 2.